The highest BCUT2D eigenvalue weighted by molar-refractivity contribution is 7.24. The fourth-order valence-electron chi connectivity index (χ4n) is 2.88. The molecule has 5 heteroatoms. The van der Waals surface area contributed by atoms with E-state index in [-0.39, 0.29) is 12.0 Å². The van der Waals surface area contributed by atoms with Crippen molar-refractivity contribution in [3.05, 3.63) is 69.7 Å². The van der Waals surface area contributed by atoms with Gasteiger partial charge in [-0.2, -0.15) is 0 Å². The van der Waals surface area contributed by atoms with Crippen molar-refractivity contribution in [1.29, 1.82) is 0 Å². The van der Waals surface area contributed by atoms with Gasteiger partial charge in [0, 0.05) is 19.7 Å². The Hall–Kier alpha value is -2.50. The number of rotatable bonds is 3. The first-order chi connectivity index (χ1) is 12.2. The summed E-state index contributed by atoms with van der Waals surface area (Å²) in [4.78, 5) is 26.6. The zero-order valence-electron chi connectivity index (χ0n) is 13.4. The van der Waals surface area contributed by atoms with Gasteiger partial charge in [-0.25, -0.2) is 4.79 Å². The van der Waals surface area contributed by atoms with Crippen molar-refractivity contribution in [2.24, 2.45) is 0 Å². The molecule has 124 valence electrons. The van der Waals surface area contributed by atoms with Gasteiger partial charge in [0.25, 0.3) is 0 Å². The molecule has 0 bridgehead atoms. The predicted octanol–water partition coefficient (Wildman–Crippen LogP) is 5.32. The monoisotopic (exact) mass is 366 g/mol. The fourth-order valence-corrected chi connectivity index (χ4v) is 4.74. The first-order valence-corrected chi connectivity index (χ1v) is 9.59. The Morgan fingerprint density at radius 1 is 1.08 bits per heavy atom. The lowest BCUT2D eigenvalue weighted by Crippen LogP contribution is -2.11. The number of carbonyl (C=O) groups excluding carboxylic acids is 1. The van der Waals surface area contributed by atoms with E-state index >= 15 is 0 Å². The Kier molecular flexibility index (Phi) is 4.11. The van der Waals surface area contributed by atoms with E-state index in [1.807, 2.05) is 41.8 Å². The summed E-state index contributed by atoms with van der Waals surface area (Å²) in [6.07, 6.45) is 0. The highest BCUT2D eigenvalue weighted by atomic mass is 32.1. The fraction of sp³-hybridized carbons (Fsp3) is 0.100. The molecule has 4 aromatic rings. The van der Waals surface area contributed by atoms with Gasteiger partial charge in [-0.1, -0.05) is 18.2 Å². The number of fused-ring (bicyclic) bond motifs is 2. The summed E-state index contributed by atoms with van der Waals surface area (Å²) >= 11 is 3.12. The van der Waals surface area contributed by atoms with Gasteiger partial charge in [-0.3, -0.25) is 4.79 Å². The number of hydrogen-bond donors (Lipinski definition) is 0. The van der Waals surface area contributed by atoms with E-state index in [0.29, 0.717) is 16.3 Å². The standard InChI is InChI=1S/C20H14O3S2/c1-2-23-20(22)14-10-12(15-8-5-9-24-15)11-17-18(14)19(21)13-6-3-4-7-16(13)25-17/h3-11H,2H2,1H3. The second kappa shape index (κ2) is 6.43. The molecule has 0 spiro atoms. The molecule has 0 N–H and O–H groups in total. The number of hydrogen-bond acceptors (Lipinski definition) is 5. The molecule has 2 heterocycles. The predicted molar refractivity (Wildman–Crippen MR) is 105 cm³/mol. The summed E-state index contributed by atoms with van der Waals surface area (Å²) in [5.41, 5.74) is 1.15. The van der Waals surface area contributed by atoms with Crippen LogP contribution in [0.4, 0.5) is 0 Å². The Balaban J connectivity index is 2.12. The topological polar surface area (TPSA) is 43.4 Å². The summed E-state index contributed by atoms with van der Waals surface area (Å²) in [5.74, 6) is -0.453. The third-order valence-electron chi connectivity index (χ3n) is 3.98. The van der Waals surface area contributed by atoms with Gasteiger partial charge in [-0.15, -0.1) is 22.7 Å². The SMILES string of the molecule is CCOC(=O)c1cc(-c2cccs2)cc2sc3ccccc3c(=O)c12. The minimum Gasteiger partial charge on any atom is -0.462 e. The zero-order chi connectivity index (χ0) is 17.4. The molecule has 0 radical (unpaired) electrons. The first kappa shape index (κ1) is 16.0. The van der Waals surface area contributed by atoms with Crippen LogP contribution in [0.3, 0.4) is 0 Å². The lowest BCUT2D eigenvalue weighted by atomic mass is 10.0. The Morgan fingerprint density at radius 2 is 1.92 bits per heavy atom. The lowest BCUT2D eigenvalue weighted by molar-refractivity contribution is 0.0528. The van der Waals surface area contributed by atoms with Crippen molar-refractivity contribution < 1.29 is 9.53 Å². The number of carbonyl (C=O) groups is 1. The van der Waals surface area contributed by atoms with Crippen molar-refractivity contribution >= 4 is 48.8 Å². The molecule has 0 amide bonds. The molecule has 0 aliphatic rings. The van der Waals surface area contributed by atoms with E-state index < -0.39 is 5.97 Å². The summed E-state index contributed by atoms with van der Waals surface area (Å²) in [5, 5.41) is 3.07. The van der Waals surface area contributed by atoms with Gasteiger partial charge < -0.3 is 4.74 Å². The van der Waals surface area contributed by atoms with Crippen LogP contribution in [0.15, 0.2) is 58.7 Å². The second-order valence-corrected chi connectivity index (χ2v) is 7.55. The maximum Gasteiger partial charge on any atom is 0.338 e. The molecule has 2 aromatic carbocycles. The number of thiophene rings is 1. The van der Waals surface area contributed by atoms with E-state index in [4.69, 9.17) is 4.74 Å². The van der Waals surface area contributed by atoms with Gasteiger partial charge in [0.15, 0.2) is 5.43 Å². The Labute approximate surface area is 152 Å². The highest BCUT2D eigenvalue weighted by Gasteiger charge is 2.18. The molecular formula is C20H14O3S2. The van der Waals surface area contributed by atoms with Crippen molar-refractivity contribution in [3.8, 4) is 10.4 Å². The Bertz CT molecular complexity index is 1140. The number of benzene rings is 2. The molecule has 0 aliphatic carbocycles. The molecule has 0 saturated heterocycles. The van der Waals surface area contributed by atoms with Crippen LogP contribution in [0.2, 0.25) is 0 Å². The molecule has 3 nitrogen and oxygen atoms in total. The van der Waals surface area contributed by atoms with Crippen LogP contribution >= 0.6 is 22.7 Å². The average Bonchev–Trinajstić information content (AvgIpc) is 3.16. The van der Waals surface area contributed by atoms with Gasteiger partial charge in [0.2, 0.25) is 0 Å². The average molecular weight is 366 g/mol. The summed E-state index contributed by atoms with van der Waals surface area (Å²) < 4.78 is 6.92. The third kappa shape index (κ3) is 2.75. The van der Waals surface area contributed by atoms with E-state index in [2.05, 4.69) is 0 Å². The number of esters is 1. The maximum absolute atomic E-state index is 13.0. The maximum atomic E-state index is 13.0. The molecule has 0 unspecified atom stereocenters. The van der Waals surface area contributed by atoms with Gasteiger partial charge in [0.05, 0.1) is 17.6 Å². The van der Waals surface area contributed by atoms with E-state index in [9.17, 15) is 9.59 Å². The molecule has 0 saturated carbocycles. The van der Waals surface area contributed by atoms with E-state index in [1.54, 1.807) is 30.4 Å². The summed E-state index contributed by atoms with van der Waals surface area (Å²) in [6.45, 7) is 2.04. The molecule has 0 fully saturated rings. The van der Waals surface area contributed by atoms with E-state index in [1.165, 1.54) is 11.3 Å². The molecule has 2 aromatic heterocycles. The second-order valence-electron chi connectivity index (χ2n) is 5.52. The minimum absolute atomic E-state index is 0.120. The van der Waals surface area contributed by atoms with Crippen LogP contribution in [0.1, 0.15) is 17.3 Å². The van der Waals surface area contributed by atoms with Crippen LogP contribution in [0.25, 0.3) is 30.6 Å². The van der Waals surface area contributed by atoms with Crippen LogP contribution in [-0.2, 0) is 4.74 Å². The first-order valence-electron chi connectivity index (χ1n) is 7.89. The minimum atomic E-state index is -0.453. The number of ether oxygens (including phenoxy) is 1. The van der Waals surface area contributed by atoms with Crippen molar-refractivity contribution in [2.45, 2.75) is 6.92 Å². The molecule has 0 atom stereocenters. The van der Waals surface area contributed by atoms with Gasteiger partial charge >= 0.3 is 5.97 Å². The molecular weight excluding hydrogens is 352 g/mol. The largest absolute Gasteiger partial charge is 0.462 e. The molecule has 0 aliphatic heterocycles. The van der Waals surface area contributed by atoms with Crippen molar-refractivity contribution in [2.75, 3.05) is 6.61 Å². The van der Waals surface area contributed by atoms with E-state index in [0.717, 1.165) is 19.8 Å². The zero-order valence-corrected chi connectivity index (χ0v) is 15.1. The summed E-state index contributed by atoms with van der Waals surface area (Å²) in [6, 6.07) is 15.2. The smallest absolute Gasteiger partial charge is 0.338 e. The van der Waals surface area contributed by atoms with Crippen LogP contribution < -0.4 is 5.43 Å². The normalized spacial score (nSPS) is 11.1. The van der Waals surface area contributed by atoms with Crippen LogP contribution in [0.5, 0.6) is 0 Å². The molecule has 25 heavy (non-hydrogen) atoms. The third-order valence-corrected chi connectivity index (χ3v) is 6.02. The van der Waals surface area contributed by atoms with Gasteiger partial charge in [-0.05, 0) is 48.2 Å². The molecule has 4 rings (SSSR count). The summed E-state index contributed by atoms with van der Waals surface area (Å²) in [7, 11) is 0. The Morgan fingerprint density at radius 3 is 2.68 bits per heavy atom. The van der Waals surface area contributed by atoms with Crippen LogP contribution in [-0.4, -0.2) is 12.6 Å². The highest BCUT2D eigenvalue weighted by Crippen LogP contribution is 2.33. The quantitative estimate of drug-likeness (QED) is 0.364. The van der Waals surface area contributed by atoms with Crippen molar-refractivity contribution in [1.82, 2.24) is 0 Å². The lowest BCUT2D eigenvalue weighted by Gasteiger charge is -2.09. The van der Waals surface area contributed by atoms with Crippen molar-refractivity contribution in [3.63, 3.8) is 0 Å². The van der Waals surface area contributed by atoms with Gasteiger partial charge in [0.1, 0.15) is 0 Å². The van der Waals surface area contributed by atoms with Crippen LogP contribution in [0, 0.1) is 0 Å².